The lowest BCUT2D eigenvalue weighted by Gasteiger charge is -2.03. The molecular weight excluding hydrogens is 265 g/mol. The lowest BCUT2D eigenvalue weighted by atomic mass is 10.1. The molecule has 1 N–H and O–H groups in total. The second-order valence-corrected chi connectivity index (χ2v) is 4.17. The Balaban J connectivity index is 2.76. The summed E-state index contributed by atoms with van der Waals surface area (Å²) in [6, 6.07) is 4.52. The molecule has 0 bridgehead atoms. The number of methoxy groups -OCH3 is 1. The third-order valence-corrected chi connectivity index (χ3v) is 3.01. The normalized spacial score (nSPS) is 10.5. The summed E-state index contributed by atoms with van der Waals surface area (Å²) in [7, 11) is 1.21. The van der Waals surface area contributed by atoms with E-state index >= 15 is 0 Å². The predicted octanol–water partition coefficient (Wildman–Crippen LogP) is 2.62. The minimum Gasteiger partial charge on any atom is -0.465 e. The lowest BCUT2D eigenvalue weighted by Crippen LogP contribution is -2.18. The van der Waals surface area contributed by atoms with Crippen LogP contribution in [0.2, 0.25) is 10.0 Å². The topological polar surface area (TPSA) is 59.2 Å². The van der Waals surface area contributed by atoms with Crippen LogP contribution in [-0.2, 0) is 4.74 Å². The zero-order chi connectivity index (χ0) is 12.6. The zero-order valence-electron chi connectivity index (χ0n) is 8.71. The van der Waals surface area contributed by atoms with Crippen LogP contribution in [0, 0.1) is 0 Å². The molecule has 17 heavy (non-hydrogen) atoms. The van der Waals surface area contributed by atoms with Crippen LogP contribution in [0.4, 0.5) is 0 Å². The van der Waals surface area contributed by atoms with Crippen molar-refractivity contribution in [3.63, 3.8) is 0 Å². The Bertz CT molecular complexity index is 664. The second-order valence-electron chi connectivity index (χ2n) is 3.36. The zero-order valence-corrected chi connectivity index (χ0v) is 10.2. The van der Waals surface area contributed by atoms with Gasteiger partial charge in [-0.05, 0) is 18.2 Å². The van der Waals surface area contributed by atoms with Gasteiger partial charge >= 0.3 is 5.97 Å². The van der Waals surface area contributed by atoms with Crippen molar-refractivity contribution in [2.45, 2.75) is 0 Å². The number of aromatic amines is 1. The third-order valence-electron chi connectivity index (χ3n) is 2.29. The Morgan fingerprint density at radius 3 is 2.53 bits per heavy atom. The Hall–Kier alpha value is -1.52. The molecule has 2 aromatic rings. The number of carbonyl (C=O) groups excluding carboxylic acids is 1. The van der Waals surface area contributed by atoms with Gasteiger partial charge in [0.1, 0.15) is 5.56 Å². The van der Waals surface area contributed by atoms with E-state index in [-0.39, 0.29) is 5.56 Å². The first-order valence-electron chi connectivity index (χ1n) is 4.63. The molecule has 0 aliphatic rings. The highest BCUT2D eigenvalue weighted by Gasteiger charge is 2.12. The maximum absolute atomic E-state index is 11.6. The molecule has 0 radical (unpaired) electrons. The average molecular weight is 272 g/mol. The standard InChI is InChI=1S/C11H7Cl2NO3/c1-17-11(16)6-2-5-3-7(12)8(13)4-9(5)14-10(6)15/h2-4H,1H3,(H,14,15). The molecule has 0 saturated carbocycles. The van der Waals surface area contributed by atoms with Gasteiger partial charge in [0.25, 0.3) is 5.56 Å². The summed E-state index contributed by atoms with van der Waals surface area (Å²) in [4.78, 5) is 25.5. The molecule has 4 nitrogen and oxygen atoms in total. The molecule has 1 aromatic carbocycles. The van der Waals surface area contributed by atoms with Gasteiger partial charge in [0.2, 0.25) is 0 Å². The van der Waals surface area contributed by atoms with Gasteiger partial charge in [0.05, 0.1) is 17.2 Å². The Morgan fingerprint density at radius 2 is 1.88 bits per heavy atom. The molecule has 0 amide bonds. The predicted molar refractivity (Wildman–Crippen MR) is 65.9 cm³/mol. The van der Waals surface area contributed by atoms with Crippen LogP contribution in [-0.4, -0.2) is 18.1 Å². The van der Waals surface area contributed by atoms with Crippen LogP contribution in [0.3, 0.4) is 0 Å². The fourth-order valence-electron chi connectivity index (χ4n) is 1.46. The number of aromatic nitrogens is 1. The van der Waals surface area contributed by atoms with E-state index in [1.165, 1.54) is 19.2 Å². The number of hydrogen-bond donors (Lipinski definition) is 1. The number of benzene rings is 1. The van der Waals surface area contributed by atoms with Crippen molar-refractivity contribution in [3.8, 4) is 0 Å². The summed E-state index contributed by atoms with van der Waals surface area (Å²) in [6.45, 7) is 0. The van der Waals surface area contributed by atoms with Gasteiger partial charge < -0.3 is 9.72 Å². The largest absolute Gasteiger partial charge is 0.465 e. The quantitative estimate of drug-likeness (QED) is 0.812. The van der Waals surface area contributed by atoms with Crippen LogP contribution in [0.1, 0.15) is 10.4 Å². The molecule has 6 heteroatoms. The summed E-state index contributed by atoms with van der Waals surface area (Å²) < 4.78 is 4.50. The highest BCUT2D eigenvalue weighted by molar-refractivity contribution is 6.42. The maximum Gasteiger partial charge on any atom is 0.343 e. The van der Waals surface area contributed by atoms with Crippen molar-refractivity contribution >= 4 is 40.1 Å². The molecule has 88 valence electrons. The first kappa shape index (κ1) is 12.0. The summed E-state index contributed by atoms with van der Waals surface area (Å²) in [5.74, 6) is -0.695. The summed E-state index contributed by atoms with van der Waals surface area (Å²) in [5.41, 5.74) is -0.0850. The molecule has 0 aliphatic heterocycles. The molecule has 0 unspecified atom stereocenters. The van der Waals surface area contributed by atoms with Gasteiger partial charge in [-0.2, -0.15) is 0 Å². The molecule has 0 fully saturated rings. The lowest BCUT2D eigenvalue weighted by molar-refractivity contribution is 0.0599. The highest BCUT2D eigenvalue weighted by Crippen LogP contribution is 2.26. The van der Waals surface area contributed by atoms with Crippen LogP contribution in [0.5, 0.6) is 0 Å². The number of ether oxygens (including phenoxy) is 1. The van der Waals surface area contributed by atoms with Crippen molar-refractivity contribution in [2.24, 2.45) is 0 Å². The summed E-state index contributed by atoms with van der Waals surface area (Å²) in [6.07, 6.45) is 0. The number of H-pyrrole nitrogens is 1. The van der Waals surface area contributed by atoms with E-state index in [1.807, 2.05) is 0 Å². The van der Waals surface area contributed by atoms with Crippen molar-refractivity contribution in [3.05, 3.63) is 44.2 Å². The SMILES string of the molecule is COC(=O)c1cc2cc(Cl)c(Cl)cc2[nH]c1=O. The molecule has 0 saturated heterocycles. The van der Waals surface area contributed by atoms with Crippen molar-refractivity contribution < 1.29 is 9.53 Å². The maximum atomic E-state index is 11.6. The van der Waals surface area contributed by atoms with Crippen LogP contribution < -0.4 is 5.56 Å². The second kappa shape index (κ2) is 4.39. The summed E-state index contributed by atoms with van der Waals surface area (Å²) in [5, 5.41) is 1.29. The highest BCUT2D eigenvalue weighted by atomic mass is 35.5. The number of halogens is 2. The van der Waals surface area contributed by atoms with Gasteiger partial charge in [-0.25, -0.2) is 4.79 Å². The number of carbonyl (C=O) groups is 1. The van der Waals surface area contributed by atoms with Gasteiger partial charge in [-0.15, -0.1) is 0 Å². The molecule has 0 atom stereocenters. The van der Waals surface area contributed by atoms with Crippen LogP contribution >= 0.6 is 23.2 Å². The van der Waals surface area contributed by atoms with Gasteiger partial charge in [-0.3, -0.25) is 4.79 Å². The molecule has 0 aliphatic carbocycles. The molecule has 1 heterocycles. The number of pyridine rings is 1. The van der Waals surface area contributed by atoms with E-state index in [0.717, 1.165) is 0 Å². The monoisotopic (exact) mass is 271 g/mol. The number of fused-ring (bicyclic) bond motifs is 1. The first-order chi connectivity index (χ1) is 8.02. The Labute approximate surface area is 106 Å². The van der Waals surface area contributed by atoms with Crippen molar-refractivity contribution in [2.75, 3.05) is 7.11 Å². The van der Waals surface area contributed by atoms with E-state index in [2.05, 4.69) is 9.72 Å². The number of rotatable bonds is 1. The van der Waals surface area contributed by atoms with Gasteiger partial charge in [-0.1, -0.05) is 23.2 Å². The molecule has 2 rings (SSSR count). The average Bonchev–Trinajstić information content (AvgIpc) is 2.30. The number of esters is 1. The van der Waals surface area contributed by atoms with Crippen LogP contribution in [0.25, 0.3) is 10.9 Å². The van der Waals surface area contributed by atoms with Crippen molar-refractivity contribution in [1.29, 1.82) is 0 Å². The van der Waals surface area contributed by atoms with E-state index in [4.69, 9.17) is 23.2 Å². The van der Waals surface area contributed by atoms with Gasteiger partial charge in [0, 0.05) is 10.9 Å². The minimum atomic E-state index is -0.695. The van der Waals surface area contributed by atoms with Crippen molar-refractivity contribution in [1.82, 2.24) is 4.98 Å². The minimum absolute atomic E-state index is 0.0709. The third kappa shape index (κ3) is 2.14. The van der Waals surface area contributed by atoms with E-state index < -0.39 is 11.5 Å². The molecule has 0 spiro atoms. The van der Waals surface area contributed by atoms with Crippen LogP contribution in [0.15, 0.2) is 23.0 Å². The smallest absolute Gasteiger partial charge is 0.343 e. The molecule has 1 aromatic heterocycles. The van der Waals surface area contributed by atoms with E-state index in [0.29, 0.717) is 20.9 Å². The molecular formula is C11H7Cl2NO3. The van der Waals surface area contributed by atoms with Gasteiger partial charge in [0.15, 0.2) is 0 Å². The first-order valence-corrected chi connectivity index (χ1v) is 5.39. The van der Waals surface area contributed by atoms with E-state index in [1.54, 1.807) is 6.07 Å². The number of hydrogen-bond acceptors (Lipinski definition) is 3. The number of nitrogens with one attached hydrogen (secondary N) is 1. The summed E-state index contributed by atoms with van der Waals surface area (Å²) >= 11 is 11.7. The Morgan fingerprint density at radius 1 is 1.24 bits per heavy atom. The Kier molecular flexibility index (Phi) is 3.09. The fraction of sp³-hybridized carbons (Fsp3) is 0.0909. The van der Waals surface area contributed by atoms with E-state index in [9.17, 15) is 9.59 Å². The fourth-order valence-corrected chi connectivity index (χ4v) is 1.80.